The standard InChI is InChI=1S/C20H27N3O5/c1-13(2)16(23-20(26)28-12-15-8-6-5-7-9-15)18(24)22-17(19(25)27-4)14(3)10-11-21/h5-9,13-14,16-17H,10,12H2,1-4H3,(H,22,24)(H,23,26)/t14-,16-,17-/m0/s1. The van der Waals surface area contributed by atoms with Crippen LogP contribution in [-0.4, -0.2) is 37.2 Å². The van der Waals surface area contributed by atoms with Crippen molar-refractivity contribution in [2.75, 3.05) is 7.11 Å². The third kappa shape index (κ3) is 7.27. The van der Waals surface area contributed by atoms with E-state index >= 15 is 0 Å². The Morgan fingerprint density at radius 1 is 1.07 bits per heavy atom. The summed E-state index contributed by atoms with van der Waals surface area (Å²) >= 11 is 0. The summed E-state index contributed by atoms with van der Waals surface area (Å²) in [5.74, 6) is -1.90. The Morgan fingerprint density at radius 2 is 1.71 bits per heavy atom. The molecule has 3 atom stereocenters. The van der Waals surface area contributed by atoms with Gasteiger partial charge in [-0.15, -0.1) is 0 Å². The summed E-state index contributed by atoms with van der Waals surface area (Å²) in [6, 6.07) is 9.22. The van der Waals surface area contributed by atoms with Crippen molar-refractivity contribution in [3.05, 3.63) is 35.9 Å². The lowest BCUT2D eigenvalue weighted by molar-refractivity contribution is -0.146. The van der Waals surface area contributed by atoms with E-state index in [0.29, 0.717) is 0 Å². The number of alkyl carbamates (subject to hydrolysis) is 1. The van der Waals surface area contributed by atoms with E-state index in [-0.39, 0.29) is 18.9 Å². The molecule has 0 saturated heterocycles. The van der Waals surface area contributed by atoms with Crippen molar-refractivity contribution in [3.63, 3.8) is 0 Å². The molecule has 152 valence electrons. The summed E-state index contributed by atoms with van der Waals surface area (Å²) in [5, 5.41) is 14.0. The second-order valence-corrected chi connectivity index (χ2v) is 6.78. The fourth-order valence-electron chi connectivity index (χ4n) is 2.49. The van der Waals surface area contributed by atoms with Gasteiger partial charge in [-0.1, -0.05) is 51.1 Å². The zero-order valence-corrected chi connectivity index (χ0v) is 16.6. The number of benzene rings is 1. The van der Waals surface area contributed by atoms with Gasteiger partial charge in [-0.3, -0.25) is 4.79 Å². The molecule has 0 aliphatic carbocycles. The van der Waals surface area contributed by atoms with E-state index in [9.17, 15) is 14.4 Å². The highest BCUT2D eigenvalue weighted by Crippen LogP contribution is 2.11. The Balaban J connectivity index is 2.74. The number of carbonyl (C=O) groups is 3. The number of rotatable bonds is 9. The van der Waals surface area contributed by atoms with Crippen LogP contribution in [0.1, 0.15) is 32.8 Å². The molecule has 8 heteroatoms. The highest BCUT2D eigenvalue weighted by atomic mass is 16.5. The maximum absolute atomic E-state index is 12.7. The van der Waals surface area contributed by atoms with Crippen LogP contribution in [0.3, 0.4) is 0 Å². The molecule has 0 bridgehead atoms. The van der Waals surface area contributed by atoms with E-state index in [1.807, 2.05) is 36.4 Å². The van der Waals surface area contributed by atoms with Gasteiger partial charge in [-0.2, -0.15) is 5.26 Å². The highest BCUT2D eigenvalue weighted by molar-refractivity contribution is 5.90. The van der Waals surface area contributed by atoms with Crippen LogP contribution >= 0.6 is 0 Å². The summed E-state index contributed by atoms with van der Waals surface area (Å²) in [5.41, 5.74) is 0.819. The van der Waals surface area contributed by atoms with Crippen molar-refractivity contribution in [3.8, 4) is 6.07 Å². The molecule has 0 spiro atoms. The molecule has 0 aromatic heterocycles. The molecule has 0 saturated carbocycles. The van der Waals surface area contributed by atoms with Crippen LogP contribution in [0, 0.1) is 23.2 Å². The minimum atomic E-state index is -0.986. The van der Waals surface area contributed by atoms with Gasteiger partial charge in [-0.25, -0.2) is 9.59 Å². The Kier molecular flexibility index (Phi) is 9.51. The highest BCUT2D eigenvalue weighted by Gasteiger charge is 2.32. The number of hydrogen-bond acceptors (Lipinski definition) is 6. The van der Waals surface area contributed by atoms with Crippen molar-refractivity contribution in [1.82, 2.24) is 10.6 Å². The Labute approximate surface area is 165 Å². The minimum absolute atomic E-state index is 0.0684. The van der Waals surface area contributed by atoms with Crippen LogP contribution in [-0.2, 0) is 25.7 Å². The molecule has 2 N–H and O–H groups in total. The first-order valence-corrected chi connectivity index (χ1v) is 9.02. The molecule has 0 unspecified atom stereocenters. The molecule has 28 heavy (non-hydrogen) atoms. The maximum Gasteiger partial charge on any atom is 0.408 e. The second kappa shape index (κ2) is 11.6. The first kappa shape index (κ1) is 23.0. The summed E-state index contributed by atoms with van der Waals surface area (Å²) in [6.07, 6.45) is -0.670. The van der Waals surface area contributed by atoms with Gasteiger partial charge in [0.1, 0.15) is 18.7 Å². The molecular weight excluding hydrogens is 362 g/mol. The number of nitrogens with zero attached hydrogens (tertiary/aromatic N) is 1. The smallest absolute Gasteiger partial charge is 0.408 e. The lowest BCUT2D eigenvalue weighted by Crippen LogP contribution is -2.55. The van der Waals surface area contributed by atoms with Crippen LogP contribution in [0.25, 0.3) is 0 Å². The number of carbonyl (C=O) groups excluding carboxylic acids is 3. The number of methoxy groups -OCH3 is 1. The molecule has 0 aliphatic rings. The molecule has 1 aromatic rings. The van der Waals surface area contributed by atoms with E-state index in [4.69, 9.17) is 14.7 Å². The SMILES string of the molecule is COC(=O)[C@@H](NC(=O)[C@@H](NC(=O)OCc1ccccc1)C(C)C)[C@@H](C)CC#N. The van der Waals surface area contributed by atoms with Gasteiger partial charge >= 0.3 is 12.1 Å². The van der Waals surface area contributed by atoms with Gasteiger partial charge in [0.15, 0.2) is 0 Å². The van der Waals surface area contributed by atoms with Crippen molar-refractivity contribution < 1.29 is 23.9 Å². The number of esters is 1. The molecule has 0 aliphatic heterocycles. The fraction of sp³-hybridized carbons (Fsp3) is 0.500. The molecule has 8 nitrogen and oxygen atoms in total. The average Bonchev–Trinajstić information content (AvgIpc) is 2.68. The topological polar surface area (TPSA) is 118 Å². The van der Waals surface area contributed by atoms with Crippen molar-refractivity contribution in [1.29, 1.82) is 5.26 Å². The van der Waals surface area contributed by atoms with Gasteiger partial charge in [0.05, 0.1) is 13.2 Å². The monoisotopic (exact) mass is 389 g/mol. The molecule has 1 rings (SSSR count). The lowest BCUT2D eigenvalue weighted by atomic mass is 9.97. The molecule has 2 amide bonds. The zero-order chi connectivity index (χ0) is 21.1. The molecule has 0 fully saturated rings. The van der Waals surface area contributed by atoms with Crippen LogP contribution < -0.4 is 10.6 Å². The fourth-order valence-corrected chi connectivity index (χ4v) is 2.49. The van der Waals surface area contributed by atoms with Gasteiger partial charge in [0, 0.05) is 12.3 Å². The average molecular weight is 389 g/mol. The lowest BCUT2D eigenvalue weighted by Gasteiger charge is -2.26. The predicted molar refractivity (Wildman–Crippen MR) is 102 cm³/mol. The Bertz CT molecular complexity index is 700. The van der Waals surface area contributed by atoms with Gasteiger partial charge in [0.2, 0.25) is 5.91 Å². The largest absolute Gasteiger partial charge is 0.467 e. The Morgan fingerprint density at radius 3 is 2.25 bits per heavy atom. The van der Waals surface area contributed by atoms with Crippen LogP contribution in [0.4, 0.5) is 4.79 Å². The third-order valence-electron chi connectivity index (χ3n) is 4.17. The number of nitriles is 1. The third-order valence-corrected chi connectivity index (χ3v) is 4.17. The molecule has 0 radical (unpaired) electrons. The number of hydrogen-bond donors (Lipinski definition) is 2. The van der Waals surface area contributed by atoms with Gasteiger partial charge in [-0.05, 0) is 11.5 Å². The van der Waals surface area contributed by atoms with Crippen LogP contribution in [0.5, 0.6) is 0 Å². The summed E-state index contributed by atoms with van der Waals surface area (Å²) in [6.45, 7) is 5.25. The van der Waals surface area contributed by atoms with E-state index in [0.717, 1.165) is 5.56 Å². The van der Waals surface area contributed by atoms with Crippen molar-refractivity contribution in [2.24, 2.45) is 11.8 Å². The summed E-state index contributed by atoms with van der Waals surface area (Å²) in [7, 11) is 1.21. The summed E-state index contributed by atoms with van der Waals surface area (Å²) < 4.78 is 9.87. The first-order chi connectivity index (χ1) is 13.3. The minimum Gasteiger partial charge on any atom is -0.467 e. The van der Waals surface area contributed by atoms with Gasteiger partial charge < -0.3 is 20.1 Å². The predicted octanol–water partition coefficient (Wildman–Crippen LogP) is 2.14. The van der Waals surface area contributed by atoms with E-state index < -0.39 is 36.0 Å². The van der Waals surface area contributed by atoms with Crippen LogP contribution in [0.2, 0.25) is 0 Å². The van der Waals surface area contributed by atoms with E-state index in [1.165, 1.54) is 7.11 Å². The zero-order valence-electron chi connectivity index (χ0n) is 16.6. The first-order valence-electron chi connectivity index (χ1n) is 9.02. The van der Waals surface area contributed by atoms with Gasteiger partial charge in [0.25, 0.3) is 0 Å². The van der Waals surface area contributed by atoms with Crippen LogP contribution in [0.15, 0.2) is 30.3 Å². The van der Waals surface area contributed by atoms with Crippen molar-refractivity contribution in [2.45, 2.75) is 45.9 Å². The number of ether oxygens (including phenoxy) is 2. The van der Waals surface area contributed by atoms with E-state index in [1.54, 1.807) is 20.8 Å². The normalized spacial score (nSPS) is 13.6. The summed E-state index contributed by atoms with van der Waals surface area (Å²) in [4.78, 5) is 36.7. The quantitative estimate of drug-likeness (QED) is 0.625. The molecule has 1 aromatic carbocycles. The second-order valence-electron chi connectivity index (χ2n) is 6.78. The molecular formula is C20H27N3O5. The van der Waals surface area contributed by atoms with E-state index in [2.05, 4.69) is 10.6 Å². The Hall–Kier alpha value is -3.08. The van der Waals surface area contributed by atoms with Crippen molar-refractivity contribution >= 4 is 18.0 Å². The molecule has 0 heterocycles. The maximum atomic E-state index is 12.7. The number of amides is 2. The number of nitrogens with one attached hydrogen (secondary N) is 2.